The standard InChI is InChI=1S/C9H6ClN3O2/c10-9-6(5-14)1-2-7(11-9)13-4-3-8(15)12-13/h1-5H,(H,12,15). The fourth-order valence-electron chi connectivity index (χ4n) is 1.13. The highest BCUT2D eigenvalue weighted by molar-refractivity contribution is 6.31. The Balaban J connectivity index is 2.51. The number of carbonyl (C=O) groups is 1. The van der Waals surface area contributed by atoms with Crippen LogP contribution in [0.4, 0.5) is 0 Å². The zero-order chi connectivity index (χ0) is 10.8. The average Bonchev–Trinajstić information content (AvgIpc) is 2.65. The summed E-state index contributed by atoms with van der Waals surface area (Å²) in [4.78, 5) is 25.3. The van der Waals surface area contributed by atoms with Gasteiger partial charge in [0.15, 0.2) is 12.1 Å². The molecule has 0 aliphatic rings. The molecule has 1 N–H and O–H groups in total. The van der Waals surface area contributed by atoms with Gasteiger partial charge in [0.05, 0.1) is 5.56 Å². The van der Waals surface area contributed by atoms with Crippen LogP contribution in [0.15, 0.2) is 29.2 Å². The molecule has 2 aromatic heterocycles. The third kappa shape index (κ3) is 1.82. The summed E-state index contributed by atoms with van der Waals surface area (Å²) >= 11 is 5.74. The summed E-state index contributed by atoms with van der Waals surface area (Å²) in [5, 5.41) is 2.62. The molecule has 0 unspecified atom stereocenters. The molecule has 0 atom stereocenters. The van der Waals surface area contributed by atoms with Gasteiger partial charge in [0.25, 0.3) is 5.56 Å². The van der Waals surface area contributed by atoms with Crippen LogP contribution in [-0.4, -0.2) is 21.1 Å². The van der Waals surface area contributed by atoms with E-state index in [1.54, 1.807) is 6.07 Å². The predicted molar refractivity (Wildman–Crippen MR) is 54.6 cm³/mol. The van der Waals surface area contributed by atoms with Gasteiger partial charge in [0.1, 0.15) is 5.15 Å². The van der Waals surface area contributed by atoms with E-state index in [1.807, 2.05) is 0 Å². The SMILES string of the molecule is O=Cc1ccc(-n2ccc(=O)[nH]2)nc1Cl. The number of hydrogen-bond acceptors (Lipinski definition) is 3. The summed E-state index contributed by atoms with van der Waals surface area (Å²) in [5.41, 5.74) is 0.0855. The number of aldehydes is 1. The molecule has 0 saturated heterocycles. The molecular formula is C9H6ClN3O2. The summed E-state index contributed by atoms with van der Waals surface area (Å²) < 4.78 is 1.42. The topological polar surface area (TPSA) is 67.8 Å². The third-order valence-corrected chi connectivity index (χ3v) is 2.15. The van der Waals surface area contributed by atoms with Crippen molar-refractivity contribution in [3.63, 3.8) is 0 Å². The Morgan fingerprint density at radius 3 is 2.73 bits per heavy atom. The summed E-state index contributed by atoms with van der Waals surface area (Å²) in [6, 6.07) is 4.49. The number of nitrogens with one attached hydrogen (secondary N) is 1. The highest BCUT2D eigenvalue weighted by Gasteiger charge is 2.04. The molecule has 6 heteroatoms. The fraction of sp³-hybridized carbons (Fsp3) is 0. The van der Waals surface area contributed by atoms with Crippen LogP contribution in [0.5, 0.6) is 0 Å². The minimum absolute atomic E-state index is 0.108. The molecule has 0 fully saturated rings. The number of pyridine rings is 1. The van der Waals surface area contributed by atoms with Crippen molar-refractivity contribution in [2.45, 2.75) is 0 Å². The van der Waals surface area contributed by atoms with Gasteiger partial charge >= 0.3 is 0 Å². The number of aromatic nitrogens is 3. The lowest BCUT2D eigenvalue weighted by Crippen LogP contribution is -2.05. The van der Waals surface area contributed by atoms with E-state index in [1.165, 1.54) is 23.0 Å². The largest absolute Gasteiger partial charge is 0.298 e. The number of halogens is 1. The summed E-state index contributed by atoms with van der Waals surface area (Å²) in [7, 11) is 0. The Kier molecular flexibility index (Phi) is 2.39. The van der Waals surface area contributed by atoms with Crippen LogP contribution in [0.3, 0.4) is 0 Å². The minimum atomic E-state index is -0.229. The molecule has 2 rings (SSSR count). The number of aromatic amines is 1. The van der Waals surface area contributed by atoms with E-state index in [2.05, 4.69) is 10.1 Å². The smallest absolute Gasteiger partial charge is 0.264 e. The lowest BCUT2D eigenvalue weighted by Gasteiger charge is -2.02. The molecule has 0 spiro atoms. The van der Waals surface area contributed by atoms with Gasteiger partial charge in [-0.2, -0.15) is 0 Å². The van der Waals surface area contributed by atoms with Crippen molar-refractivity contribution in [3.05, 3.63) is 45.5 Å². The molecule has 0 aromatic carbocycles. The van der Waals surface area contributed by atoms with Crippen LogP contribution in [0.2, 0.25) is 5.15 Å². The number of carbonyl (C=O) groups excluding carboxylic acids is 1. The van der Waals surface area contributed by atoms with E-state index in [0.717, 1.165) is 0 Å². The van der Waals surface area contributed by atoms with Crippen molar-refractivity contribution in [2.24, 2.45) is 0 Å². The van der Waals surface area contributed by atoms with Gasteiger partial charge in [0.2, 0.25) is 0 Å². The van der Waals surface area contributed by atoms with Crippen LogP contribution >= 0.6 is 11.6 Å². The first-order valence-electron chi connectivity index (χ1n) is 4.10. The first-order valence-corrected chi connectivity index (χ1v) is 4.48. The van der Waals surface area contributed by atoms with Crippen molar-refractivity contribution >= 4 is 17.9 Å². The maximum absolute atomic E-state index is 10.9. The van der Waals surface area contributed by atoms with E-state index in [9.17, 15) is 9.59 Å². The second-order valence-electron chi connectivity index (χ2n) is 2.83. The predicted octanol–water partition coefficient (Wildman–Crippen LogP) is 1.03. The molecule has 0 amide bonds. The van der Waals surface area contributed by atoms with Crippen LogP contribution in [0.1, 0.15) is 10.4 Å². The van der Waals surface area contributed by atoms with Crippen molar-refractivity contribution in [3.8, 4) is 5.82 Å². The Morgan fingerprint density at radius 1 is 1.40 bits per heavy atom. The van der Waals surface area contributed by atoms with Crippen LogP contribution < -0.4 is 5.56 Å². The molecule has 0 radical (unpaired) electrons. The molecule has 0 aliphatic heterocycles. The highest BCUT2D eigenvalue weighted by atomic mass is 35.5. The van der Waals surface area contributed by atoms with Gasteiger partial charge in [0, 0.05) is 12.3 Å². The fourth-order valence-corrected chi connectivity index (χ4v) is 1.32. The molecule has 76 valence electrons. The Labute approximate surface area is 89.3 Å². The monoisotopic (exact) mass is 223 g/mol. The maximum atomic E-state index is 10.9. The second kappa shape index (κ2) is 3.70. The zero-order valence-electron chi connectivity index (χ0n) is 7.48. The van der Waals surface area contributed by atoms with Gasteiger partial charge in [-0.15, -0.1) is 0 Å². The van der Waals surface area contributed by atoms with Crippen molar-refractivity contribution in [1.82, 2.24) is 14.8 Å². The molecule has 0 aliphatic carbocycles. The Bertz CT molecular complexity index is 558. The van der Waals surface area contributed by atoms with Crippen LogP contribution in [-0.2, 0) is 0 Å². The van der Waals surface area contributed by atoms with Crippen molar-refractivity contribution in [2.75, 3.05) is 0 Å². The van der Waals surface area contributed by atoms with Crippen LogP contribution in [0.25, 0.3) is 5.82 Å². The highest BCUT2D eigenvalue weighted by Crippen LogP contribution is 2.13. The van der Waals surface area contributed by atoms with Gasteiger partial charge < -0.3 is 0 Å². The number of H-pyrrole nitrogens is 1. The van der Waals surface area contributed by atoms with Crippen LogP contribution in [0, 0.1) is 0 Å². The molecule has 15 heavy (non-hydrogen) atoms. The third-order valence-electron chi connectivity index (χ3n) is 1.84. The summed E-state index contributed by atoms with van der Waals surface area (Å²) in [6.45, 7) is 0. The molecule has 2 heterocycles. The average molecular weight is 224 g/mol. The van der Waals surface area contributed by atoms with E-state index in [0.29, 0.717) is 17.7 Å². The first-order chi connectivity index (χ1) is 7.20. The Morgan fingerprint density at radius 2 is 2.20 bits per heavy atom. The molecular weight excluding hydrogens is 218 g/mol. The Hall–Kier alpha value is -1.88. The van der Waals surface area contributed by atoms with Gasteiger partial charge in [-0.25, -0.2) is 9.67 Å². The quantitative estimate of drug-likeness (QED) is 0.611. The zero-order valence-corrected chi connectivity index (χ0v) is 8.23. The first kappa shape index (κ1) is 9.67. The number of nitrogens with zero attached hydrogens (tertiary/aromatic N) is 2. The maximum Gasteiger partial charge on any atom is 0.264 e. The lowest BCUT2D eigenvalue weighted by atomic mass is 10.3. The molecule has 0 bridgehead atoms. The normalized spacial score (nSPS) is 10.2. The van der Waals surface area contributed by atoms with Crippen molar-refractivity contribution in [1.29, 1.82) is 0 Å². The second-order valence-corrected chi connectivity index (χ2v) is 3.19. The number of rotatable bonds is 2. The van der Waals surface area contributed by atoms with Gasteiger partial charge in [-0.3, -0.25) is 14.7 Å². The summed E-state index contributed by atoms with van der Waals surface area (Å²) in [6.07, 6.45) is 2.15. The summed E-state index contributed by atoms with van der Waals surface area (Å²) in [5.74, 6) is 0.452. The van der Waals surface area contributed by atoms with Crippen molar-refractivity contribution < 1.29 is 4.79 Å². The molecule has 2 aromatic rings. The van der Waals surface area contributed by atoms with Gasteiger partial charge in [-0.1, -0.05) is 11.6 Å². The van der Waals surface area contributed by atoms with E-state index >= 15 is 0 Å². The molecule has 0 saturated carbocycles. The minimum Gasteiger partial charge on any atom is -0.298 e. The van der Waals surface area contributed by atoms with Gasteiger partial charge in [-0.05, 0) is 12.1 Å². The number of hydrogen-bond donors (Lipinski definition) is 1. The van der Waals surface area contributed by atoms with E-state index in [4.69, 9.17) is 11.6 Å². The molecule has 5 nitrogen and oxygen atoms in total. The van der Waals surface area contributed by atoms with E-state index in [-0.39, 0.29) is 10.7 Å². The van der Waals surface area contributed by atoms with E-state index < -0.39 is 0 Å². The lowest BCUT2D eigenvalue weighted by molar-refractivity contribution is 0.112.